The summed E-state index contributed by atoms with van der Waals surface area (Å²) < 4.78 is 0. The number of fused-ring (bicyclic) bond motifs is 3. The number of benzene rings is 2. The quantitative estimate of drug-likeness (QED) is 0.624. The minimum absolute atomic E-state index is 0.377. The molecule has 6 unspecified atom stereocenters. The molecule has 3 fully saturated rings. The molecule has 6 atom stereocenters. The lowest BCUT2D eigenvalue weighted by atomic mass is 9.53. The van der Waals surface area contributed by atoms with Crippen molar-refractivity contribution in [2.45, 2.75) is 25.3 Å². The number of rotatable bonds is 2. The van der Waals surface area contributed by atoms with Gasteiger partial charge in [-0.1, -0.05) is 85.0 Å². The molecule has 8 rings (SSSR count). The summed E-state index contributed by atoms with van der Waals surface area (Å²) in [5, 5.41) is 6.94. The Hall–Kier alpha value is -2.80. The highest BCUT2D eigenvalue weighted by Gasteiger charge is 3.12. The van der Waals surface area contributed by atoms with Crippen LogP contribution >= 0.6 is 0 Å². The third kappa shape index (κ3) is 1.39. The Morgan fingerprint density at radius 3 is 2.77 bits per heavy atom. The van der Waals surface area contributed by atoms with E-state index in [0.29, 0.717) is 28.2 Å². The summed E-state index contributed by atoms with van der Waals surface area (Å²) >= 11 is 0. The first-order valence-electron chi connectivity index (χ1n) is 11.6. The summed E-state index contributed by atoms with van der Waals surface area (Å²) in [6, 6.07) is 11.9. The SMILES string of the molecule is C1=CC2C(Nc3cc4ccccc4c4c3C=CCCC4)C34C5C=CC=CC53C24C=C1. The van der Waals surface area contributed by atoms with Gasteiger partial charge in [-0.3, -0.25) is 0 Å². The first-order chi connectivity index (χ1) is 14.9. The average molecular weight is 388 g/mol. The Morgan fingerprint density at radius 2 is 1.80 bits per heavy atom. The van der Waals surface area contributed by atoms with Crippen LogP contribution in [-0.4, -0.2) is 6.04 Å². The molecular formula is C29H25N. The van der Waals surface area contributed by atoms with Crippen molar-refractivity contribution in [3.8, 4) is 0 Å². The van der Waals surface area contributed by atoms with Gasteiger partial charge in [-0.2, -0.15) is 0 Å². The van der Waals surface area contributed by atoms with E-state index in [1.807, 2.05) is 0 Å². The van der Waals surface area contributed by atoms with Gasteiger partial charge in [-0.15, -0.1) is 0 Å². The molecule has 30 heavy (non-hydrogen) atoms. The Kier molecular flexibility index (Phi) is 2.61. The molecule has 0 aliphatic heterocycles. The van der Waals surface area contributed by atoms with E-state index in [-0.39, 0.29) is 0 Å². The highest BCUT2D eigenvalue weighted by Crippen LogP contribution is 3.11. The number of hydrogen-bond donors (Lipinski definition) is 1. The zero-order valence-corrected chi connectivity index (χ0v) is 17.0. The Bertz CT molecular complexity index is 1270. The molecule has 0 radical (unpaired) electrons. The normalized spacial score (nSPS) is 42.3. The second kappa shape index (κ2) is 4.91. The fourth-order valence-electron chi connectivity index (χ4n) is 8.51. The van der Waals surface area contributed by atoms with Gasteiger partial charge < -0.3 is 5.32 Å². The number of hydrogen-bond acceptors (Lipinski definition) is 1. The molecule has 0 bridgehead atoms. The van der Waals surface area contributed by atoms with E-state index in [9.17, 15) is 0 Å². The van der Waals surface area contributed by atoms with Crippen LogP contribution in [0.15, 0.2) is 85.0 Å². The van der Waals surface area contributed by atoms with E-state index in [2.05, 4.69) is 96.4 Å². The molecule has 0 amide bonds. The van der Waals surface area contributed by atoms with E-state index in [1.165, 1.54) is 46.8 Å². The van der Waals surface area contributed by atoms with Gasteiger partial charge in [0, 0.05) is 39.5 Å². The molecule has 1 heteroatoms. The van der Waals surface area contributed by atoms with Crippen molar-refractivity contribution in [1.82, 2.24) is 0 Å². The summed E-state index contributed by atoms with van der Waals surface area (Å²) in [5.74, 6) is 1.32. The number of anilines is 1. The van der Waals surface area contributed by atoms with Gasteiger partial charge in [0.05, 0.1) is 0 Å². The maximum atomic E-state index is 4.14. The molecule has 146 valence electrons. The van der Waals surface area contributed by atoms with Crippen LogP contribution in [0.5, 0.6) is 0 Å². The van der Waals surface area contributed by atoms with Gasteiger partial charge >= 0.3 is 0 Å². The van der Waals surface area contributed by atoms with Gasteiger partial charge in [0.25, 0.3) is 0 Å². The molecular weight excluding hydrogens is 362 g/mol. The standard InChI is InChI=1S/C29H25N/c1-2-12-21-20-11-5-4-10-19(20)18-24(22(21)13-3-1)30-26-23-14-6-8-16-27(23)28-17-9-7-15-25(28)29(26,27)28/h3-11,13-18,23,25-26,30H,1-2,12H2. The molecule has 0 saturated heterocycles. The average Bonchev–Trinajstić information content (AvgIpc) is 3.60. The van der Waals surface area contributed by atoms with Crippen LogP contribution in [0.3, 0.4) is 0 Å². The maximum Gasteiger partial charge on any atom is 0.0425 e. The smallest absolute Gasteiger partial charge is 0.0425 e. The van der Waals surface area contributed by atoms with Crippen LogP contribution in [-0.2, 0) is 6.42 Å². The third-order valence-corrected chi connectivity index (χ3v) is 9.42. The Morgan fingerprint density at radius 1 is 0.933 bits per heavy atom. The van der Waals surface area contributed by atoms with Gasteiger partial charge in [0.15, 0.2) is 0 Å². The van der Waals surface area contributed by atoms with E-state index in [1.54, 1.807) is 0 Å². The first-order valence-corrected chi connectivity index (χ1v) is 11.6. The zero-order valence-electron chi connectivity index (χ0n) is 17.0. The van der Waals surface area contributed by atoms with Gasteiger partial charge in [0.1, 0.15) is 0 Å². The minimum Gasteiger partial charge on any atom is -0.381 e. The molecule has 6 aliphatic carbocycles. The number of allylic oxidation sites excluding steroid dienone is 8. The monoisotopic (exact) mass is 387 g/mol. The Balaban J connectivity index is 1.28. The van der Waals surface area contributed by atoms with Crippen LogP contribution in [0, 0.1) is 28.1 Å². The van der Waals surface area contributed by atoms with Crippen LogP contribution in [0.1, 0.15) is 24.0 Å². The molecule has 3 saturated carbocycles. The molecule has 0 heterocycles. The van der Waals surface area contributed by atoms with Crippen LogP contribution in [0.2, 0.25) is 0 Å². The molecule has 0 aromatic heterocycles. The van der Waals surface area contributed by atoms with E-state index < -0.39 is 0 Å². The van der Waals surface area contributed by atoms with Crippen molar-refractivity contribution < 1.29 is 0 Å². The second-order valence-electron chi connectivity index (χ2n) is 10.1. The van der Waals surface area contributed by atoms with Crippen LogP contribution < -0.4 is 5.32 Å². The Labute approximate surface area is 177 Å². The summed E-state index contributed by atoms with van der Waals surface area (Å²) in [4.78, 5) is 0. The van der Waals surface area contributed by atoms with Crippen molar-refractivity contribution in [3.05, 3.63) is 96.1 Å². The molecule has 1 N–H and O–H groups in total. The number of nitrogens with one attached hydrogen (secondary N) is 1. The largest absolute Gasteiger partial charge is 0.381 e. The van der Waals surface area contributed by atoms with Crippen molar-refractivity contribution >= 4 is 22.5 Å². The van der Waals surface area contributed by atoms with E-state index in [4.69, 9.17) is 0 Å². The van der Waals surface area contributed by atoms with Crippen LogP contribution in [0.25, 0.3) is 16.8 Å². The maximum absolute atomic E-state index is 4.14. The van der Waals surface area contributed by atoms with Gasteiger partial charge in [-0.25, -0.2) is 0 Å². The third-order valence-electron chi connectivity index (χ3n) is 9.42. The highest BCUT2D eigenvalue weighted by atomic mass is 15.2. The predicted octanol–water partition coefficient (Wildman–Crippen LogP) is 6.45. The van der Waals surface area contributed by atoms with Crippen molar-refractivity contribution in [2.75, 3.05) is 5.32 Å². The highest BCUT2D eigenvalue weighted by molar-refractivity contribution is 5.94. The summed E-state index contributed by atoms with van der Waals surface area (Å²) in [6.07, 6.45) is 27.5. The molecule has 3 spiro atoms. The molecule has 2 aromatic carbocycles. The minimum atomic E-state index is 0.377. The topological polar surface area (TPSA) is 12.0 Å². The van der Waals surface area contributed by atoms with Crippen LogP contribution in [0.4, 0.5) is 5.69 Å². The summed E-state index contributed by atoms with van der Waals surface area (Å²) in [7, 11) is 0. The predicted molar refractivity (Wildman–Crippen MR) is 124 cm³/mol. The van der Waals surface area contributed by atoms with Gasteiger partial charge in [0.2, 0.25) is 0 Å². The van der Waals surface area contributed by atoms with Gasteiger partial charge in [-0.05, 0) is 47.6 Å². The second-order valence-corrected chi connectivity index (χ2v) is 10.1. The lowest BCUT2D eigenvalue weighted by Crippen LogP contribution is -2.57. The van der Waals surface area contributed by atoms with Crippen molar-refractivity contribution in [2.24, 2.45) is 28.1 Å². The number of aryl methyl sites for hydroxylation is 1. The van der Waals surface area contributed by atoms with E-state index >= 15 is 0 Å². The molecule has 2 aromatic rings. The molecule has 1 nitrogen and oxygen atoms in total. The zero-order chi connectivity index (χ0) is 19.6. The fraction of sp³-hybridized carbons (Fsp3) is 0.310. The van der Waals surface area contributed by atoms with Crippen molar-refractivity contribution in [3.63, 3.8) is 0 Å². The van der Waals surface area contributed by atoms with Crippen molar-refractivity contribution in [1.29, 1.82) is 0 Å². The van der Waals surface area contributed by atoms with E-state index in [0.717, 1.165) is 5.92 Å². The fourth-order valence-corrected chi connectivity index (χ4v) is 8.51. The molecule has 6 aliphatic rings. The summed E-state index contributed by atoms with van der Waals surface area (Å²) in [5.41, 5.74) is 5.45. The lowest BCUT2D eigenvalue weighted by molar-refractivity contribution is 0.0781. The lowest BCUT2D eigenvalue weighted by Gasteiger charge is -2.54. The summed E-state index contributed by atoms with van der Waals surface area (Å²) in [6.45, 7) is 0. The first kappa shape index (κ1) is 16.0.